The van der Waals surface area contributed by atoms with Gasteiger partial charge < -0.3 is 4.74 Å². The Bertz CT molecular complexity index is 957. The van der Waals surface area contributed by atoms with Crippen molar-refractivity contribution in [3.8, 4) is 0 Å². The smallest absolute Gasteiger partial charge is 0.398 e. The van der Waals surface area contributed by atoms with Gasteiger partial charge in [-0.15, -0.1) is 0 Å². The van der Waals surface area contributed by atoms with E-state index < -0.39 is 11.9 Å². The standard InChI is InChI=1S/C20H19ClN4O3/c1-3-28-20(27)19(26)24-25(2)17-12-22-18(13-7-5-4-6-8-13)15-11-14(21)9-10-16(15)23-17/h4-11H,3,12H2,1-2H3,(H,24,26). The number of nitrogens with one attached hydrogen (secondary N) is 1. The molecule has 1 aliphatic rings. The van der Waals surface area contributed by atoms with Crippen molar-refractivity contribution in [2.45, 2.75) is 6.92 Å². The van der Waals surface area contributed by atoms with Gasteiger partial charge >= 0.3 is 11.9 Å². The molecule has 7 nitrogen and oxygen atoms in total. The first-order chi connectivity index (χ1) is 13.5. The number of carbonyl (C=O) groups excluding carboxylic acids is 2. The van der Waals surface area contributed by atoms with E-state index in [-0.39, 0.29) is 13.2 Å². The first-order valence-electron chi connectivity index (χ1n) is 8.68. The van der Waals surface area contributed by atoms with Crippen molar-refractivity contribution in [3.63, 3.8) is 0 Å². The number of amides is 1. The van der Waals surface area contributed by atoms with Crippen LogP contribution in [-0.2, 0) is 14.3 Å². The highest BCUT2D eigenvalue weighted by atomic mass is 35.5. The van der Waals surface area contributed by atoms with Crippen molar-refractivity contribution < 1.29 is 14.3 Å². The Labute approximate surface area is 167 Å². The molecule has 0 aromatic heterocycles. The van der Waals surface area contributed by atoms with E-state index in [1.165, 1.54) is 5.01 Å². The van der Waals surface area contributed by atoms with Crippen LogP contribution in [0.4, 0.5) is 5.69 Å². The predicted molar refractivity (Wildman–Crippen MR) is 108 cm³/mol. The largest absolute Gasteiger partial charge is 0.459 e. The topological polar surface area (TPSA) is 83.4 Å². The number of ether oxygens (including phenoxy) is 1. The number of hydrogen-bond donors (Lipinski definition) is 1. The van der Waals surface area contributed by atoms with Crippen LogP contribution < -0.4 is 5.43 Å². The summed E-state index contributed by atoms with van der Waals surface area (Å²) >= 11 is 6.19. The fourth-order valence-corrected chi connectivity index (χ4v) is 2.86. The molecule has 0 bridgehead atoms. The highest BCUT2D eigenvalue weighted by Gasteiger charge is 2.21. The average Bonchev–Trinajstić information content (AvgIpc) is 2.88. The Hall–Kier alpha value is -3.19. The van der Waals surface area contributed by atoms with Crippen LogP contribution in [0.3, 0.4) is 0 Å². The molecule has 0 aliphatic carbocycles. The zero-order chi connectivity index (χ0) is 20.1. The number of esters is 1. The Morgan fingerprint density at radius 1 is 1.21 bits per heavy atom. The van der Waals surface area contributed by atoms with Crippen LogP contribution >= 0.6 is 11.6 Å². The Morgan fingerprint density at radius 2 is 1.96 bits per heavy atom. The van der Waals surface area contributed by atoms with E-state index in [4.69, 9.17) is 16.3 Å². The fraction of sp³-hybridized carbons (Fsp3) is 0.200. The Balaban J connectivity index is 1.93. The Morgan fingerprint density at radius 3 is 2.68 bits per heavy atom. The molecule has 0 saturated heterocycles. The number of nitrogens with zero attached hydrogens (tertiary/aromatic N) is 3. The van der Waals surface area contributed by atoms with Crippen LogP contribution in [0.2, 0.25) is 5.02 Å². The zero-order valence-corrected chi connectivity index (χ0v) is 16.2. The van der Waals surface area contributed by atoms with Crippen molar-refractivity contribution >= 4 is 40.7 Å². The summed E-state index contributed by atoms with van der Waals surface area (Å²) in [6.45, 7) is 1.96. The van der Waals surface area contributed by atoms with Crippen molar-refractivity contribution in [1.82, 2.24) is 10.4 Å². The summed E-state index contributed by atoms with van der Waals surface area (Å²) in [5.74, 6) is -1.36. The fourth-order valence-electron chi connectivity index (χ4n) is 2.69. The lowest BCUT2D eigenvalue weighted by Crippen LogP contribution is -2.47. The number of hydrazine groups is 1. The molecule has 3 rings (SSSR count). The van der Waals surface area contributed by atoms with Crippen molar-refractivity contribution in [1.29, 1.82) is 0 Å². The van der Waals surface area contributed by atoms with Gasteiger partial charge in [-0.1, -0.05) is 41.9 Å². The monoisotopic (exact) mass is 398 g/mol. The van der Waals surface area contributed by atoms with E-state index in [1.54, 1.807) is 26.1 Å². The van der Waals surface area contributed by atoms with Crippen LogP contribution in [-0.4, -0.2) is 48.6 Å². The molecule has 2 aromatic rings. The van der Waals surface area contributed by atoms with Gasteiger partial charge in [0.15, 0.2) is 0 Å². The summed E-state index contributed by atoms with van der Waals surface area (Å²) in [5, 5.41) is 1.94. The molecule has 8 heteroatoms. The summed E-state index contributed by atoms with van der Waals surface area (Å²) < 4.78 is 4.70. The molecule has 0 unspecified atom stereocenters. The molecule has 0 atom stereocenters. The quantitative estimate of drug-likeness (QED) is 0.479. The second-order valence-electron chi connectivity index (χ2n) is 5.94. The average molecular weight is 399 g/mol. The molecule has 1 amide bonds. The van der Waals surface area contributed by atoms with E-state index in [0.717, 1.165) is 16.8 Å². The molecular formula is C20H19ClN4O3. The molecule has 1 heterocycles. The van der Waals surface area contributed by atoms with Crippen LogP contribution in [0, 0.1) is 0 Å². The van der Waals surface area contributed by atoms with E-state index in [0.29, 0.717) is 16.5 Å². The van der Waals surface area contributed by atoms with Crippen molar-refractivity contribution in [3.05, 3.63) is 64.7 Å². The molecule has 144 valence electrons. The molecular weight excluding hydrogens is 380 g/mol. The molecule has 1 N–H and O–H groups in total. The first kappa shape index (κ1) is 19.6. The third-order valence-corrected chi connectivity index (χ3v) is 4.24. The molecule has 0 fully saturated rings. The number of amidine groups is 1. The molecule has 0 spiro atoms. The summed E-state index contributed by atoms with van der Waals surface area (Å²) in [7, 11) is 1.59. The van der Waals surface area contributed by atoms with Crippen LogP contribution in [0.1, 0.15) is 18.1 Å². The minimum Gasteiger partial charge on any atom is -0.459 e. The highest BCUT2D eigenvalue weighted by Crippen LogP contribution is 2.28. The number of fused-ring (bicyclic) bond motifs is 1. The van der Waals surface area contributed by atoms with Gasteiger partial charge in [0, 0.05) is 23.2 Å². The van der Waals surface area contributed by atoms with E-state index >= 15 is 0 Å². The normalized spacial score (nSPS) is 12.8. The van der Waals surface area contributed by atoms with Crippen LogP contribution in [0.5, 0.6) is 0 Å². The third kappa shape index (κ3) is 4.37. The van der Waals surface area contributed by atoms with Crippen molar-refractivity contribution in [2.75, 3.05) is 20.2 Å². The van der Waals surface area contributed by atoms with Gasteiger partial charge in [-0.3, -0.25) is 20.2 Å². The van der Waals surface area contributed by atoms with Crippen molar-refractivity contribution in [2.24, 2.45) is 9.98 Å². The maximum atomic E-state index is 11.9. The summed E-state index contributed by atoms with van der Waals surface area (Å²) in [5.41, 5.74) is 5.59. The molecule has 28 heavy (non-hydrogen) atoms. The second kappa shape index (κ2) is 8.67. The van der Waals surface area contributed by atoms with Gasteiger partial charge in [-0.05, 0) is 25.1 Å². The molecule has 0 saturated carbocycles. The number of carbonyl (C=O) groups is 2. The third-order valence-electron chi connectivity index (χ3n) is 4.01. The number of hydrogen-bond acceptors (Lipinski definition) is 6. The second-order valence-corrected chi connectivity index (χ2v) is 6.38. The summed E-state index contributed by atoms with van der Waals surface area (Å²) in [4.78, 5) is 32.8. The molecule has 1 aliphatic heterocycles. The van der Waals surface area contributed by atoms with Crippen LogP contribution in [0.15, 0.2) is 58.5 Å². The van der Waals surface area contributed by atoms with Gasteiger partial charge in [-0.2, -0.15) is 0 Å². The lowest BCUT2D eigenvalue weighted by Gasteiger charge is -2.20. The lowest BCUT2D eigenvalue weighted by molar-refractivity contribution is -0.155. The highest BCUT2D eigenvalue weighted by molar-refractivity contribution is 6.32. The minimum atomic E-state index is -0.954. The predicted octanol–water partition coefficient (Wildman–Crippen LogP) is 2.75. The van der Waals surface area contributed by atoms with Crippen LogP contribution in [0.25, 0.3) is 0 Å². The van der Waals surface area contributed by atoms with Gasteiger partial charge in [0.2, 0.25) is 0 Å². The minimum absolute atomic E-state index is 0.121. The number of halogens is 1. The maximum absolute atomic E-state index is 11.9. The van der Waals surface area contributed by atoms with E-state index in [1.807, 2.05) is 36.4 Å². The molecule has 2 aromatic carbocycles. The summed E-state index contributed by atoms with van der Waals surface area (Å²) in [6, 6.07) is 15.1. The zero-order valence-electron chi connectivity index (χ0n) is 15.5. The summed E-state index contributed by atoms with van der Waals surface area (Å²) in [6.07, 6.45) is 0. The van der Waals surface area contributed by atoms with Gasteiger partial charge in [0.25, 0.3) is 0 Å². The number of benzene rings is 2. The first-order valence-corrected chi connectivity index (χ1v) is 9.06. The lowest BCUT2D eigenvalue weighted by atomic mass is 10.0. The molecule has 0 radical (unpaired) electrons. The number of aliphatic imine (C=N–C) groups is 2. The van der Waals surface area contributed by atoms with E-state index in [2.05, 4.69) is 15.4 Å². The Kier molecular flexibility index (Phi) is 6.06. The van der Waals surface area contributed by atoms with Gasteiger partial charge in [0.1, 0.15) is 5.84 Å². The maximum Gasteiger partial charge on any atom is 0.398 e. The van der Waals surface area contributed by atoms with E-state index in [9.17, 15) is 9.59 Å². The SMILES string of the molecule is CCOC(=O)C(=O)NN(C)C1=Nc2ccc(Cl)cc2C(c2ccccc2)=NC1. The number of rotatable bonds is 2. The van der Waals surface area contributed by atoms with Gasteiger partial charge in [0.05, 0.1) is 24.6 Å². The number of likely N-dealkylation sites (N-methyl/N-ethyl adjacent to an activating group) is 1. The van der Waals surface area contributed by atoms with Gasteiger partial charge in [-0.25, -0.2) is 9.79 Å².